The molecule has 1 N–H and O–H groups in total. The van der Waals surface area contributed by atoms with Crippen LogP contribution in [0.1, 0.15) is 36.1 Å². The molecule has 4 nitrogen and oxygen atoms in total. The van der Waals surface area contributed by atoms with E-state index in [0.29, 0.717) is 6.04 Å². The van der Waals surface area contributed by atoms with E-state index < -0.39 is 0 Å². The molecular weight excluding hydrogens is 236 g/mol. The Bertz CT molecular complexity index is 512. The van der Waals surface area contributed by atoms with Crippen molar-refractivity contribution < 1.29 is 0 Å². The van der Waals surface area contributed by atoms with E-state index in [1.54, 1.807) is 0 Å². The van der Waals surface area contributed by atoms with Crippen molar-refractivity contribution in [1.29, 1.82) is 5.26 Å². The number of aryl methyl sites for hydroxylation is 2. The van der Waals surface area contributed by atoms with Gasteiger partial charge in [0.25, 0.3) is 0 Å². The Morgan fingerprint density at radius 1 is 1.42 bits per heavy atom. The monoisotopic (exact) mass is 256 g/mol. The fraction of sp³-hybridized carbons (Fsp3) is 0.600. The average molecular weight is 256 g/mol. The summed E-state index contributed by atoms with van der Waals surface area (Å²) in [5, 5.41) is 12.8. The molecular formula is C15H20N4. The number of aromatic nitrogens is 1. The third-order valence-electron chi connectivity index (χ3n) is 4.30. The SMILES string of the molecule is CN(c1nc2c(cc1C#N)CCC2)C1CCCNC1. The highest BCUT2D eigenvalue weighted by Crippen LogP contribution is 2.28. The second kappa shape index (κ2) is 5.18. The molecule has 1 aliphatic heterocycles. The zero-order valence-corrected chi connectivity index (χ0v) is 11.4. The summed E-state index contributed by atoms with van der Waals surface area (Å²) in [6.45, 7) is 2.09. The van der Waals surface area contributed by atoms with Crippen LogP contribution in [-0.4, -0.2) is 31.2 Å². The second-order valence-corrected chi connectivity index (χ2v) is 5.54. The fourth-order valence-electron chi connectivity index (χ4n) is 3.15. The van der Waals surface area contributed by atoms with Gasteiger partial charge >= 0.3 is 0 Å². The van der Waals surface area contributed by atoms with Gasteiger partial charge < -0.3 is 10.2 Å². The summed E-state index contributed by atoms with van der Waals surface area (Å²) in [6.07, 6.45) is 5.68. The summed E-state index contributed by atoms with van der Waals surface area (Å²) in [5.74, 6) is 0.872. The van der Waals surface area contributed by atoms with E-state index in [0.717, 1.165) is 37.3 Å². The van der Waals surface area contributed by atoms with Crippen LogP contribution in [0.15, 0.2) is 6.07 Å². The van der Waals surface area contributed by atoms with Gasteiger partial charge in [0.2, 0.25) is 0 Å². The Morgan fingerprint density at radius 2 is 2.32 bits per heavy atom. The Kier molecular flexibility index (Phi) is 3.39. The smallest absolute Gasteiger partial charge is 0.146 e. The third kappa shape index (κ3) is 2.31. The summed E-state index contributed by atoms with van der Waals surface area (Å²) in [5.41, 5.74) is 3.20. The summed E-state index contributed by atoms with van der Waals surface area (Å²) >= 11 is 0. The van der Waals surface area contributed by atoms with Gasteiger partial charge in [0.05, 0.1) is 5.56 Å². The number of nitriles is 1. The number of anilines is 1. The fourth-order valence-corrected chi connectivity index (χ4v) is 3.15. The first kappa shape index (κ1) is 12.4. The lowest BCUT2D eigenvalue weighted by molar-refractivity contribution is 0.443. The van der Waals surface area contributed by atoms with E-state index in [9.17, 15) is 5.26 Å². The van der Waals surface area contributed by atoms with Crippen LogP contribution in [0, 0.1) is 11.3 Å². The maximum absolute atomic E-state index is 9.36. The molecule has 2 aliphatic rings. The Balaban J connectivity index is 1.92. The molecule has 0 spiro atoms. The molecule has 0 aromatic carbocycles. The lowest BCUT2D eigenvalue weighted by atomic mass is 10.1. The minimum atomic E-state index is 0.452. The van der Waals surface area contributed by atoms with Crippen molar-refractivity contribution in [3.8, 4) is 6.07 Å². The van der Waals surface area contributed by atoms with Gasteiger partial charge in [0.15, 0.2) is 0 Å². The van der Waals surface area contributed by atoms with Crippen molar-refractivity contribution in [2.24, 2.45) is 0 Å². The van der Waals surface area contributed by atoms with Crippen LogP contribution < -0.4 is 10.2 Å². The van der Waals surface area contributed by atoms with Gasteiger partial charge in [-0.3, -0.25) is 0 Å². The van der Waals surface area contributed by atoms with E-state index >= 15 is 0 Å². The predicted molar refractivity (Wildman–Crippen MR) is 75.3 cm³/mol. The number of hydrogen-bond donors (Lipinski definition) is 1. The van der Waals surface area contributed by atoms with Gasteiger partial charge in [-0.1, -0.05) is 0 Å². The topological polar surface area (TPSA) is 52.0 Å². The minimum Gasteiger partial charge on any atom is -0.354 e. The third-order valence-corrected chi connectivity index (χ3v) is 4.30. The normalized spacial score (nSPS) is 21.8. The number of piperidine rings is 1. The van der Waals surface area contributed by atoms with E-state index in [1.165, 1.54) is 30.5 Å². The number of nitrogens with zero attached hydrogens (tertiary/aromatic N) is 3. The molecule has 1 atom stereocenters. The van der Waals surface area contributed by atoms with Crippen LogP contribution >= 0.6 is 0 Å². The molecule has 1 aromatic heterocycles. The second-order valence-electron chi connectivity index (χ2n) is 5.54. The molecule has 0 saturated carbocycles. The van der Waals surface area contributed by atoms with Crippen LogP contribution in [0.3, 0.4) is 0 Å². The lowest BCUT2D eigenvalue weighted by Gasteiger charge is -2.33. The minimum absolute atomic E-state index is 0.452. The first-order valence-electron chi connectivity index (χ1n) is 7.16. The zero-order valence-electron chi connectivity index (χ0n) is 11.4. The Hall–Kier alpha value is -1.60. The van der Waals surface area contributed by atoms with Gasteiger partial charge in [-0.25, -0.2) is 4.98 Å². The zero-order chi connectivity index (χ0) is 13.2. The quantitative estimate of drug-likeness (QED) is 0.874. The maximum atomic E-state index is 9.36. The number of nitrogens with one attached hydrogen (secondary N) is 1. The molecule has 1 unspecified atom stereocenters. The van der Waals surface area contributed by atoms with Crippen molar-refractivity contribution in [3.05, 3.63) is 22.9 Å². The predicted octanol–water partition coefficient (Wildman–Crippen LogP) is 1.63. The number of fused-ring (bicyclic) bond motifs is 1. The molecule has 2 heterocycles. The highest BCUT2D eigenvalue weighted by molar-refractivity contribution is 5.57. The number of pyridine rings is 1. The van der Waals surface area contributed by atoms with Crippen LogP contribution in [0.5, 0.6) is 0 Å². The van der Waals surface area contributed by atoms with E-state index in [1.807, 2.05) is 0 Å². The highest BCUT2D eigenvalue weighted by atomic mass is 15.2. The number of hydrogen-bond acceptors (Lipinski definition) is 4. The van der Waals surface area contributed by atoms with Crippen molar-refractivity contribution in [2.75, 3.05) is 25.0 Å². The molecule has 0 bridgehead atoms. The van der Waals surface area contributed by atoms with E-state index in [-0.39, 0.29) is 0 Å². The molecule has 19 heavy (non-hydrogen) atoms. The van der Waals surface area contributed by atoms with E-state index in [4.69, 9.17) is 4.98 Å². The number of likely N-dealkylation sites (N-methyl/N-ethyl adjacent to an activating group) is 1. The molecule has 0 amide bonds. The van der Waals surface area contributed by atoms with Crippen molar-refractivity contribution in [2.45, 2.75) is 38.1 Å². The van der Waals surface area contributed by atoms with Crippen molar-refractivity contribution in [3.63, 3.8) is 0 Å². The first-order valence-corrected chi connectivity index (χ1v) is 7.16. The first-order chi connectivity index (χ1) is 9.29. The highest BCUT2D eigenvalue weighted by Gasteiger charge is 2.23. The maximum Gasteiger partial charge on any atom is 0.146 e. The molecule has 1 aromatic rings. The van der Waals surface area contributed by atoms with Crippen LogP contribution in [-0.2, 0) is 12.8 Å². The molecule has 1 aliphatic carbocycles. The van der Waals surface area contributed by atoms with Gasteiger partial charge in [-0.2, -0.15) is 5.26 Å². The van der Waals surface area contributed by atoms with Crippen molar-refractivity contribution >= 4 is 5.82 Å². The standard InChI is InChI=1S/C15H20N4/c1-19(13-5-3-7-17-10-13)15-12(9-16)8-11-4-2-6-14(11)18-15/h8,13,17H,2-7,10H2,1H3. The van der Waals surface area contributed by atoms with Crippen molar-refractivity contribution in [1.82, 2.24) is 10.3 Å². The lowest BCUT2D eigenvalue weighted by Crippen LogP contribution is -2.44. The average Bonchev–Trinajstić information content (AvgIpc) is 2.93. The van der Waals surface area contributed by atoms with Crippen LogP contribution in [0.2, 0.25) is 0 Å². The Morgan fingerprint density at radius 3 is 3.05 bits per heavy atom. The summed E-state index contributed by atoms with van der Waals surface area (Å²) in [7, 11) is 2.07. The summed E-state index contributed by atoms with van der Waals surface area (Å²) in [4.78, 5) is 6.97. The van der Waals surface area contributed by atoms with Crippen LogP contribution in [0.4, 0.5) is 5.82 Å². The number of rotatable bonds is 2. The molecule has 1 saturated heterocycles. The molecule has 100 valence electrons. The van der Waals surface area contributed by atoms with Gasteiger partial charge in [0.1, 0.15) is 11.9 Å². The summed E-state index contributed by atoms with van der Waals surface area (Å²) in [6, 6.07) is 4.83. The summed E-state index contributed by atoms with van der Waals surface area (Å²) < 4.78 is 0. The molecule has 4 heteroatoms. The van der Waals surface area contributed by atoms with E-state index in [2.05, 4.69) is 29.4 Å². The molecule has 3 rings (SSSR count). The largest absolute Gasteiger partial charge is 0.354 e. The molecule has 1 fully saturated rings. The van der Waals surface area contributed by atoms with Crippen LogP contribution in [0.25, 0.3) is 0 Å². The van der Waals surface area contributed by atoms with Gasteiger partial charge in [0, 0.05) is 25.3 Å². The molecule has 0 radical (unpaired) electrons. The van der Waals surface area contributed by atoms with Gasteiger partial charge in [-0.05, 0) is 50.3 Å². The van der Waals surface area contributed by atoms with Gasteiger partial charge in [-0.15, -0.1) is 0 Å². The Labute approximate surface area is 114 Å².